The molecule has 0 spiro atoms. The third kappa shape index (κ3) is 5.21. The van der Waals surface area contributed by atoms with Crippen LogP contribution in [-0.2, 0) is 12.4 Å². The van der Waals surface area contributed by atoms with Crippen LogP contribution in [0.5, 0.6) is 0 Å². The second kappa shape index (κ2) is 6.29. The first-order valence-electron chi connectivity index (χ1n) is 5.34. The fraction of sp³-hybridized carbons (Fsp3) is 0.273. The number of hydrazone groups is 1. The summed E-state index contributed by atoms with van der Waals surface area (Å²) in [5.74, 6) is 0. The Hall–Kier alpha value is -1.84. The second-order valence-electron chi connectivity index (χ2n) is 3.79. The summed E-state index contributed by atoms with van der Waals surface area (Å²) in [6, 6.07) is 1.16. The van der Waals surface area contributed by atoms with Crippen LogP contribution in [0.3, 0.4) is 0 Å². The van der Waals surface area contributed by atoms with Crippen molar-refractivity contribution in [2.45, 2.75) is 12.4 Å². The van der Waals surface area contributed by atoms with Gasteiger partial charge in [0.05, 0.1) is 17.3 Å². The van der Waals surface area contributed by atoms with Gasteiger partial charge < -0.3 is 5.32 Å². The summed E-state index contributed by atoms with van der Waals surface area (Å²) < 4.78 is 75.5. The number of thiocarbonyl (C=S) groups is 1. The van der Waals surface area contributed by atoms with E-state index in [0.717, 1.165) is 6.21 Å². The molecule has 0 radical (unpaired) electrons. The molecule has 0 saturated heterocycles. The summed E-state index contributed by atoms with van der Waals surface area (Å²) in [5.41, 5.74) is -0.948. The number of benzene rings is 1. The summed E-state index contributed by atoms with van der Waals surface area (Å²) in [6.45, 7) is 0. The van der Waals surface area contributed by atoms with Crippen molar-refractivity contribution in [3.8, 4) is 0 Å². The Morgan fingerprint density at radius 3 is 1.90 bits per heavy atom. The molecule has 0 saturated carbocycles. The molecule has 3 nitrogen and oxygen atoms in total. The van der Waals surface area contributed by atoms with Gasteiger partial charge in [0.2, 0.25) is 0 Å². The van der Waals surface area contributed by atoms with E-state index in [-0.39, 0.29) is 16.7 Å². The van der Waals surface area contributed by atoms with Crippen LogP contribution in [0.15, 0.2) is 23.3 Å². The number of nitrogens with zero attached hydrogens (tertiary/aromatic N) is 1. The van der Waals surface area contributed by atoms with Gasteiger partial charge >= 0.3 is 12.4 Å². The molecular weight excluding hydrogens is 320 g/mol. The molecule has 0 amide bonds. The van der Waals surface area contributed by atoms with Crippen LogP contribution in [-0.4, -0.2) is 18.4 Å². The molecule has 0 atom stereocenters. The van der Waals surface area contributed by atoms with Crippen LogP contribution in [0, 0.1) is 0 Å². The molecule has 10 heteroatoms. The maximum Gasteiger partial charge on any atom is 0.416 e. The standard InChI is InChI=1S/C11H9F6N3S/c1-18-9(21)20-19-5-6-2-7(10(12,13)14)4-8(3-6)11(15,16)17/h2-5H,1H3,(H2,18,20,21)/b19-5-. The third-order valence-electron chi connectivity index (χ3n) is 2.22. The Morgan fingerprint density at radius 2 is 1.52 bits per heavy atom. The largest absolute Gasteiger partial charge is 0.416 e. The molecule has 0 heterocycles. The Balaban J connectivity index is 3.17. The summed E-state index contributed by atoms with van der Waals surface area (Å²) in [5, 5.41) is 5.98. The molecule has 0 unspecified atom stereocenters. The van der Waals surface area contributed by atoms with Crippen molar-refractivity contribution in [3.05, 3.63) is 34.9 Å². The van der Waals surface area contributed by atoms with Gasteiger partial charge in [0.1, 0.15) is 0 Å². The lowest BCUT2D eigenvalue weighted by atomic mass is 10.1. The number of halogens is 6. The second-order valence-corrected chi connectivity index (χ2v) is 4.20. The van der Waals surface area contributed by atoms with Crippen LogP contribution >= 0.6 is 12.2 Å². The zero-order valence-electron chi connectivity index (χ0n) is 10.4. The van der Waals surface area contributed by atoms with Gasteiger partial charge in [-0.05, 0) is 36.0 Å². The van der Waals surface area contributed by atoms with E-state index in [0.29, 0.717) is 12.1 Å². The van der Waals surface area contributed by atoms with E-state index >= 15 is 0 Å². The number of hydrogen-bond acceptors (Lipinski definition) is 2. The van der Waals surface area contributed by atoms with Gasteiger partial charge in [-0.15, -0.1) is 0 Å². The average molecular weight is 329 g/mol. The van der Waals surface area contributed by atoms with E-state index in [9.17, 15) is 26.3 Å². The summed E-state index contributed by atoms with van der Waals surface area (Å²) in [6.07, 6.45) is -8.97. The molecule has 0 bridgehead atoms. The highest BCUT2D eigenvalue weighted by Gasteiger charge is 2.36. The summed E-state index contributed by atoms with van der Waals surface area (Å²) in [4.78, 5) is 0. The lowest BCUT2D eigenvalue weighted by Gasteiger charge is -2.12. The number of rotatable bonds is 2. The minimum Gasteiger partial charge on any atom is -0.364 e. The highest BCUT2D eigenvalue weighted by Crippen LogP contribution is 2.35. The lowest BCUT2D eigenvalue weighted by Crippen LogP contribution is -2.28. The fourth-order valence-corrected chi connectivity index (χ4v) is 1.33. The smallest absolute Gasteiger partial charge is 0.364 e. The Labute approximate surface area is 121 Å². The first-order valence-corrected chi connectivity index (χ1v) is 5.75. The number of nitrogens with one attached hydrogen (secondary N) is 2. The lowest BCUT2D eigenvalue weighted by molar-refractivity contribution is -0.143. The Morgan fingerprint density at radius 1 is 1.05 bits per heavy atom. The molecule has 1 aromatic rings. The van der Waals surface area contributed by atoms with Gasteiger partial charge in [0.15, 0.2) is 5.11 Å². The van der Waals surface area contributed by atoms with E-state index in [2.05, 4.69) is 28.1 Å². The topological polar surface area (TPSA) is 36.4 Å². The predicted octanol–water partition coefficient (Wildman–Crippen LogP) is 3.15. The van der Waals surface area contributed by atoms with Crippen molar-refractivity contribution >= 4 is 23.5 Å². The average Bonchev–Trinajstić information content (AvgIpc) is 2.36. The van der Waals surface area contributed by atoms with Crippen molar-refractivity contribution in [3.63, 3.8) is 0 Å². The van der Waals surface area contributed by atoms with Crippen LogP contribution in [0.25, 0.3) is 0 Å². The van der Waals surface area contributed by atoms with E-state index in [1.807, 2.05) is 0 Å². The van der Waals surface area contributed by atoms with Crippen LogP contribution < -0.4 is 10.7 Å². The van der Waals surface area contributed by atoms with E-state index in [4.69, 9.17) is 0 Å². The van der Waals surface area contributed by atoms with Gasteiger partial charge in [-0.1, -0.05) is 0 Å². The summed E-state index contributed by atoms with van der Waals surface area (Å²) in [7, 11) is 1.47. The van der Waals surface area contributed by atoms with Crippen molar-refractivity contribution in [1.29, 1.82) is 0 Å². The molecular formula is C11H9F6N3S. The van der Waals surface area contributed by atoms with Gasteiger partial charge in [0, 0.05) is 7.05 Å². The van der Waals surface area contributed by atoms with Crippen molar-refractivity contribution in [1.82, 2.24) is 10.7 Å². The first-order chi connectivity index (χ1) is 9.54. The Kier molecular flexibility index (Phi) is 5.15. The SMILES string of the molecule is CNC(=S)N/N=C\c1cc(C(F)(F)F)cc(C(F)(F)F)c1. The van der Waals surface area contributed by atoms with E-state index in [1.165, 1.54) is 7.05 Å². The molecule has 0 aromatic heterocycles. The summed E-state index contributed by atoms with van der Waals surface area (Å²) >= 11 is 4.64. The van der Waals surface area contributed by atoms with Crippen molar-refractivity contribution in [2.75, 3.05) is 7.05 Å². The zero-order valence-corrected chi connectivity index (χ0v) is 11.2. The molecule has 0 aliphatic heterocycles. The van der Waals surface area contributed by atoms with Crippen molar-refractivity contribution in [2.24, 2.45) is 5.10 Å². The molecule has 0 aliphatic carbocycles. The highest BCUT2D eigenvalue weighted by atomic mass is 32.1. The molecule has 21 heavy (non-hydrogen) atoms. The monoisotopic (exact) mass is 329 g/mol. The van der Waals surface area contributed by atoms with Crippen molar-refractivity contribution < 1.29 is 26.3 Å². The van der Waals surface area contributed by atoms with E-state index < -0.39 is 23.5 Å². The highest BCUT2D eigenvalue weighted by molar-refractivity contribution is 7.80. The van der Waals surface area contributed by atoms with Gasteiger partial charge in [-0.25, -0.2) is 0 Å². The van der Waals surface area contributed by atoms with E-state index in [1.54, 1.807) is 0 Å². The predicted molar refractivity (Wildman–Crippen MR) is 68.8 cm³/mol. The molecule has 1 rings (SSSR count). The molecule has 1 aromatic carbocycles. The van der Waals surface area contributed by atoms with Crippen LogP contribution in [0.2, 0.25) is 0 Å². The maximum atomic E-state index is 12.6. The molecule has 0 fully saturated rings. The maximum absolute atomic E-state index is 12.6. The first kappa shape index (κ1) is 17.2. The van der Waals surface area contributed by atoms with Crippen LogP contribution in [0.4, 0.5) is 26.3 Å². The molecule has 0 aliphatic rings. The fourth-order valence-electron chi connectivity index (χ4n) is 1.27. The zero-order chi connectivity index (χ0) is 16.3. The molecule has 116 valence electrons. The Bertz CT molecular complexity index is 518. The number of alkyl halides is 6. The third-order valence-corrected chi connectivity index (χ3v) is 2.51. The van der Waals surface area contributed by atoms with Gasteiger partial charge in [-0.3, -0.25) is 5.43 Å². The minimum atomic E-state index is -4.89. The quantitative estimate of drug-likeness (QED) is 0.379. The normalized spacial score (nSPS) is 12.5. The van der Waals surface area contributed by atoms with Crippen LogP contribution in [0.1, 0.15) is 16.7 Å². The van der Waals surface area contributed by atoms with Gasteiger partial charge in [-0.2, -0.15) is 31.4 Å². The minimum absolute atomic E-state index is 0.0446. The van der Waals surface area contributed by atoms with Gasteiger partial charge in [0.25, 0.3) is 0 Å². The number of hydrogen-bond donors (Lipinski definition) is 2. The molecule has 2 N–H and O–H groups in total.